The molecule has 50 nitrogen and oxygen atoms in total. The van der Waals surface area contributed by atoms with Crippen molar-refractivity contribution >= 4 is 151 Å². The molecule has 0 spiro atoms. The molecule has 732 valence electrons. The fourth-order valence-electron chi connectivity index (χ4n) is 13.4. The minimum absolute atomic E-state index is 0.00898. The lowest BCUT2D eigenvalue weighted by atomic mass is 10.0. The van der Waals surface area contributed by atoms with Gasteiger partial charge in [-0.1, -0.05) is 51.9 Å². The van der Waals surface area contributed by atoms with Crippen LogP contribution in [0.1, 0.15) is 146 Å². The molecule has 3 aromatic rings. The van der Waals surface area contributed by atoms with Crippen LogP contribution >= 0.6 is 21.6 Å². The smallest absolute Gasteiger partial charge is 0.326 e. The fraction of sp³-hybridized carbons (Fsp3) is 0.575. The third-order valence-electron chi connectivity index (χ3n) is 20.5. The number of rotatable bonds is 47. The summed E-state index contributed by atoms with van der Waals surface area (Å²) in [5, 5.41) is 115. The highest BCUT2D eigenvalue weighted by Gasteiger charge is 2.39. The van der Waals surface area contributed by atoms with Gasteiger partial charge in [-0.15, -0.1) is 0 Å². The topological polar surface area (TPSA) is 878 Å². The average Bonchev–Trinajstić information content (AvgIpc) is 1.32. The summed E-state index contributed by atoms with van der Waals surface area (Å²) in [7, 11) is 1.40. The van der Waals surface area contributed by atoms with Gasteiger partial charge in [-0.2, -0.15) is 0 Å². The molecular weight excluding hydrogens is 1770 g/mol. The zero-order valence-electron chi connectivity index (χ0n) is 73.3. The Labute approximate surface area is 769 Å². The van der Waals surface area contributed by atoms with Crippen LogP contribution in [0.5, 0.6) is 5.75 Å². The number of guanidine groups is 4. The first-order chi connectivity index (χ1) is 62.8. The van der Waals surface area contributed by atoms with Crippen LogP contribution in [0.25, 0.3) is 10.9 Å². The number of carboxylic acid groups (broad SMARTS) is 3. The summed E-state index contributed by atoms with van der Waals surface area (Å²) in [6, 6.07) is -9.74. The molecule has 52 heteroatoms. The lowest BCUT2D eigenvalue weighted by Crippen LogP contribution is -2.61. The highest BCUT2D eigenvalue weighted by molar-refractivity contribution is 8.76. The highest BCUT2D eigenvalue weighted by Crippen LogP contribution is 2.26. The van der Waals surface area contributed by atoms with Gasteiger partial charge in [0.25, 0.3) is 0 Å². The van der Waals surface area contributed by atoms with E-state index in [1.807, 2.05) is 0 Å². The van der Waals surface area contributed by atoms with Crippen LogP contribution in [0.15, 0.2) is 54.7 Å². The van der Waals surface area contributed by atoms with E-state index in [0.717, 1.165) is 0 Å². The van der Waals surface area contributed by atoms with Crippen molar-refractivity contribution in [3.05, 3.63) is 65.9 Å². The number of aliphatic carboxylic acids is 3. The molecule has 1 fully saturated rings. The predicted molar refractivity (Wildman–Crippen MR) is 490 cm³/mol. The molecular formula is C80H130N30O20S2. The number of carbonyl (C=O) groups excluding carboxylic acids is 13. The summed E-state index contributed by atoms with van der Waals surface area (Å²) in [5.74, 6) is -21.8. The number of carbonyl (C=O) groups is 16. The maximum Gasteiger partial charge on any atom is 0.326 e. The van der Waals surface area contributed by atoms with E-state index in [0.29, 0.717) is 50.9 Å². The van der Waals surface area contributed by atoms with E-state index >= 15 is 28.8 Å². The molecule has 0 bridgehead atoms. The number of carboxylic acids is 3. The number of nitrogens with two attached hydrogens (primary N) is 8. The van der Waals surface area contributed by atoms with Crippen molar-refractivity contribution in [2.75, 3.05) is 63.9 Å². The first-order valence-corrected chi connectivity index (χ1v) is 45.6. The number of amides is 13. The SMILES string of the molecule is N=C(N)NCCC[C@@H]1NC(=O)[C@H](CCC(=O)O)NC(=O)CNC(=O)[C@H](CCCCN)NC(=O)[C@H](CCCCN)NC(=O)[C@H](CCCNC(=N)N)NC(=O)[C@H](Cc2ccc(O)cc2)NC(=O)[C@@H](NC(=O)[C@H](Cc2c[nH]c3ccccc23)NC(=O)[C@H](CCCNC(=N)N)NC(=O)[C@@H](N)CCCNC(=N)N)CSSC[C@@H](C(=O)N[C@@H](CCC(=O)O)C(=O)O)NC(=O)[C@H](CCCCN)NC1=O. The van der Waals surface area contributed by atoms with E-state index in [1.54, 1.807) is 30.5 Å². The first-order valence-electron chi connectivity index (χ1n) is 43.2. The van der Waals surface area contributed by atoms with Crippen LogP contribution in [0, 0.1) is 21.6 Å². The van der Waals surface area contributed by atoms with E-state index in [2.05, 4.69) is 95.4 Å². The normalized spacial score (nSPS) is 20.0. The van der Waals surface area contributed by atoms with Crippen molar-refractivity contribution in [3.63, 3.8) is 0 Å². The van der Waals surface area contributed by atoms with Gasteiger partial charge in [0.2, 0.25) is 76.8 Å². The molecule has 0 unspecified atom stereocenters. The van der Waals surface area contributed by atoms with E-state index in [-0.39, 0.29) is 166 Å². The molecule has 132 heavy (non-hydrogen) atoms. The van der Waals surface area contributed by atoms with Gasteiger partial charge in [-0.05, 0) is 171 Å². The van der Waals surface area contributed by atoms with E-state index < -0.39 is 241 Å². The van der Waals surface area contributed by atoms with E-state index in [9.17, 15) is 68.4 Å². The van der Waals surface area contributed by atoms with Crippen molar-refractivity contribution < 1.29 is 97.1 Å². The fourth-order valence-corrected chi connectivity index (χ4v) is 15.7. The number of H-pyrrole nitrogens is 1. The standard InChI is InChI=1S/C80H130N30O20S2/c81-30-6-3-16-49-65(118)98-40-61(112)99-55(26-28-62(113)114)71(124)104-53(20-11-35-95-79(89)90)67(120)103-51(18-5-8-32-83)70(123)109-59(74(127)106-56(76(129)130)27-29-63(115)116)41-131-132-42-60(75(128)107-57(37-43-22-24-45(111)25-23-43)72(125)105-54(21-12-36-96-80(91)92)68(121)102-50(66(119)101-49)17-4-7-31-82)110-73(126)58(38-44-39-97-48-15-2-1-13-46(44)48)108-69(122)52(19-10-34-94-78(87)88)100-64(117)47(84)14-9-33-93-77(85)86/h1-2,13,15,22-25,39,47,49-60,97,111H,3-12,14,16-21,26-38,40-42,81-84H2,(H,98,118)(H,99,112)(H,100,117)(H,101,119)(H,102,121)(H,103,120)(H,104,124)(H,105,125)(H,106,127)(H,107,128)(H,108,122)(H,109,123)(H,110,126)(H,113,114)(H,115,116)(H,129,130)(H4,85,86,93)(H4,87,88,94)(H4,89,90,95)(H4,91,92,96)/t47-,49-,50-,51-,52-,53-,54-,55-,56-,57-,58-,59-,60-/m0/s1. The minimum atomic E-state index is -1.93. The zero-order chi connectivity index (χ0) is 97.8. The van der Waals surface area contributed by atoms with Crippen LogP contribution < -0.4 is 136 Å². The molecule has 2 aromatic carbocycles. The zero-order valence-corrected chi connectivity index (χ0v) is 74.9. The number of hydrogen-bond donors (Lipinski definition) is 34. The molecule has 0 aliphatic carbocycles. The number of fused-ring (bicyclic) bond motifs is 1. The van der Waals surface area contributed by atoms with Gasteiger partial charge in [0, 0.05) is 80.5 Å². The largest absolute Gasteiger partial charge is 0.508 e. The maximum absolute atomic E-state index is 15.8. The van der Waals surface area contributed by atoms with Gasteiger partial charge in [-0.3, -0.25) is 93.6 Å². The van der Waals surface area contributed by atoms with Crippen molar-refractivity contribution in [3.8, 4) is 5.75 Å². The number of aromatic nitrogens is 1. The Hall–Kier alpha value is -13.1. The molecule has 42 N–H and O–H groups in total. The van der Waals surface area contributed by atoms with Gasteiger partial charge < -0.3 is 162 Å². The van der Waals surface area contributed by atoms with Gasteiger partial charge >= 0.3 is 17.9 Å². The van der Waals surface area contributed by atoms with Crippen LogP contribution in [-0.2, 0) is 89.6 Å². The highest BCUT2D eigenvalue weighted by atomic mass is 33.1. The summed E-state index contributed by atoms with van der Waals surface area (Å²) < 4.78 is 0. The third kappa shape index (κ3) is 43.6. The number of para-hydroxylation sites is 1. The number of phenolic OH excluding ortho intramolecular Hbond substituents is 1. The average molecular weight is 1900 g/mol. The van der Waals surface area contributed by atoms with Gasteiger partial charge in [0.05, 0.1) is 12.6 Å². The molecule has 1 saturated heterocycles. The Kier molecular flexibility index (Phi) is 51.2. The third-order valence-corrected chi connectivity index (χ3v) is 22.9. The summed E-state index contributed by atoms with van der Waals surface area (Å²) >= 11 is 0. The number of aromatic amines is 1. The van der Waals surface area contributed by atoms with Crippen LogP contribution in [0.3, 0.4) is 0 Å². The molecule has 1 aliphatic rings. The van der Waals surface area contributed by atoms with Gasteiger partial charge in [0.15, 0.2) is 23.8 Å². The van der Waals surface area contributed by atoms with Crippen molar-refractivity contribution in [1.82, 2.24) is 95.4 Å². The Balaban J connectivity index is 2.10. The Bertz CT molecular complexity index is 4380. The Morgan fingerprint density at radius 2 is 0.886 bits per heavy atom. The number of benzene rings is 2. The van der Waals surface area contributed by atoms with Gasteiger partial charge in [-0.25, -0.2) is 4.79 Å². The van der Waals surface area contributed by atoms with Crippen LogP contribution in [0.2, 0.25) is 0 Å². The van der Waals surface area contributed by atoms with Crippen LogP contribution in [-0.4, -0.2) is 286 Å². The molecule has 1 aromatic heterocycles. The number of aromatic hydroxyl groups is 1. The Morgan fingerprint density at radius 1 is 0.447 bits per heavy atom. The van der Waals surface area contributed by atoms with E-state index in [1.165, 1.54) is 24.3 Å². The Morgan fingerprint density at radius 3 is 1.38 bits per heavy atom. The second kappa shape index (κ2) is 60.7. The molecule has 0 radical (unpaired) electrons. The lowest BCUT2D eigenvalue weighted by Gasteiger charge is -2.28. The number of nitrogens with one attached hydrogen (secondary N) is 22. The predicted octanol–water partition coefficient (Wildman–Crippen LogP) is -7.43. The minimum Gasteiger partial charge on any atom is -0.508 e. The second-order valence-corrected chi connectivity index (χ2v) is 33.7. The monoisotopic (exact) mass is 1890 g/mol. The number of phenols is 1. The molecule has 13 amide bonds. The number of unbranched alkanes of at least 4 members (excludes halogenated alkanes) is 3. The molecule has 4 rings (SSSR count). The quantitative estimate of drug-likeness (QED) is 0.0108. The summed E-state index contributed by atoms with van der Waals surface area (Å²) in [6.07, 6.45) is -2.07. The summed E-state index contributed by atoms with van der Waals surface area (Å²) in [6.45, 7) is -0.670. The molecule has 13 atom stereocenters. The second-order valence-electron chi connectivity index (χ2n) is 31.1. The maximum atomic E-state index is 15.8. The van der Waals surface area contributed by atoms with Crippen LogP contribution in [0.4, 0.5) is 0 Å². The van der Waals surface area contributed by atoms with Crippen molar-refractivity contribution in [1.29, 1.82) is 21.6 Å². The summed E-state index contributed by atoms with van der Waals surface area (Å²) in [4.78, 5) is 233. The van der Waals surface area contributed by atoms with Crippen molar-refractivity contribution in [2.45, 2.75) is 226 Å². The lowest BCUT2D eigenvalue weighted by molar-refractivity contribution is -0.143. The summed E-state index contributed by atoms with van der Waals surface area (Å²) in [5.41, 5.74) is 47.4. The molecule has 2 heterocycles. The molecule has 0 saturated carbocycles. The van der Waals surface area contributed by atoms with E-state index in [4.69, 9.17) is 67.5 Å². The van der Waals surface area contributed by atoms with Crippen molar-refractivity contribution in [2.24, 2.45) is 45.9 Å². The first kappa shape index (κ1) is 111. The number of hydrogen-bond acceptors (Lipinski definition) is 27. The van der Waals surface area contributed by atoms with Gasteiger partial charge in [0.1, 0.15) is 78.3 Å². The molecule has 1 aliphatic heterocycles.